The van der Waals surface area contributed by atoms with Gasteiger partial charge in [-0.3, -0.25) is 0 Å². The number of hydrogen-bond acceptors (Lipinski definition) is 3. The van der Waals surface area contributed by atoms with Crippen LogP contribution in [0.1, 0.15) is 17.5 Å². The Bertz CT molecular complexity index is 345. The second-order valence-corrected chi connectivity index (χ2v) is 4.64. The van der Waals surface area contributed by atoms with Crippen molar-refractivity contribution in [2.75, 3.05) is 33.5 Å². The Morgan fingerprint density at radius 1 is 1.22 bits per heavy atom. The molecule has 0 amide bonds. The van der Waals surface area contributed by atoms with Gasteiger partial charge >= 0.3 is 0 Å². The topological polar surface area (TPSA) is 30.5 Å². The third kappa shape index (κ3) is 6.36. The Balaban J connectivity index is 2.07. The normalized spacial score (nSPS) is 10.8. The van der Waals surface area contributed by atoms with Crippen LogP contribution in [-0.4, -0.2) is 33.5 Å². The predicted molar refractivity (Wildman–Crippen MR) is 75.2 cm³/mol. The average Bonchev–Trinajstić information content (AvgIpc) is 2.35. The van der Waals surface area contributed by atoms with Crippen LogP contribution in [0, 0.1) is 6.92 Å². The molecule has 0 saturated heterocycles. The summed E-state index contributed by atoms with van der Waals surface area (Å²) in [4.78, 5) is 0. The molecule has 1 aromatic rings. The van der Waals surface area contributed by atoms with Crippen molar-refractivity contribution in [1.29, 1.82) is 0 Å². The predicted octanol–water partition coefficient (Wildman–Crippen LogP) is 2.79. The van der Waals surface area contributed by atoms with Crippen LogP contribution < -0.4 is 5.32 Å². The van der Waals surface area contributed by atoms with Crippen molar-refractivity contribution < 1.29 is 9.47 Å². The fraction of sp³-hybridized carbons (Fsp3) is 0.571. The second-order valence-electron chi connectivity index (χ2n) is 4.21. The number of hydrogen-bond donors (Lipinski definition) is 1. The number of benzene rings is 1. The lowest BCUT2D eigenvalue weighted by Crippen LogP contribution is -2.17. The van der Waals surface area contributed by atoms with Crippen molar-refractivity contribution in [3.05, 3.63) is 34.3 Å². The van der Waals surface area contributed by atoms with Crippen LogP contribution in [0.5, 0.6) is 0 Å². The van der Waals surface area contributed by atoms with Crippen molar-refractivity contribution in [2.24, 2.45) is 0 Å². The first-order valence-corrected chi connectivity index (χ1v) is 6.64. The van der Waals surface area contributed by atoms with Gasteiger partial charge in [-0.25, -0.2) is 0 Å². The summed E-state index contributed by atoms with van der Waals surface area (Å²) in [5.74, 6) is 0. The molecule has 0 aliphatic rings. The highest BCUT2D eigenvalue weighted by Gasteiger charge is 1.98. The van der Waals surface area contributed by atoms with Gasteiger partial charge in [-0.1, -0.05) is 17.7 Å². The van der Waals surface area contributed by atoms with E-state index in [-0.39, 0.29) is 0 Å². The summed E-state index contributed by atoms with van der Waals surface area (Å²) in [5, 5.41) is 4.19. The molecule has 0 aliphatic heterocycles. The molecular weight excluding hydrogens is 250 g/mol. The maximum absolute atomic E-state index is 5.91. The highest BCUT2D eigenvalue weighted by atomic mass is 35.5. The zero-order chi connectivity index (χ0) is 13.2. The molecule has 0 spiro atoms. The second kappa shape index (κ2) is 9.34. The van der Waals surface area contributed by atoms with Gasteiger partial charge in [0.1, 0.15) is 0 Å². The van der Waals surface area contributed by atoms with Gasteiger partial charge in [0.25, 0.3) is 0 Å². The lowest BCUT2D eigenvalue weighted by Gasteiger charge is -2.08. The van der Waals surface area contributed by atoms with Gasteiger partial charge < -0.3 is 14.8 Å². The summed E-state index contributed by atoms with van der Waals surface area (Å²) in [7, 11) is 1.68. The molecule has 0 heterocycles. The quantitative estimate of drug-likeness (QED) is 0.701. The first kappa shape index (κ1) is 15.4. The van der Waals surface area contributed by atoms with Crippen molar-refractivity contribution in [2.45, 2.75) is 19.9 Å². The third-order valence-corrected chi connectivity index (χ3v) is 2.93. The lowest BCUT2D eigenvalue weighted by molar-refractivity contribution is 0.0695. The van der Waals surface area contributed by atoms with Gasteiger partial charge in [0.05, 0.1) is 13.2 Å². The summed E-state index contributed by atoms with van der Waals surface area (Å²) in [6.07, 6.45) is 1.01. The smallest absolute Gasteiger partial charge is 0.0700 e. The minimum Gasteiger partial charge on any atom is -0.382 e. The van der Waals surface area contributed by atoms with E-state index in [4.69, 9.17) is 21.1 Å². The lowest BCUT2D eigenvalue weighted by atomic mass is 10.1. The molecule has 102 valence electrons. The van der Waals surface area contributed by atoms with E-state index in [1.807, 2.05) is 12.1 Å². The van der Waals surface area contributed by atoms with Crippen molar-refractivity contribution in [3.8, 4) is 0 Å². The van der Waals surface area contributed by atoms with Gasteiger partial charge in [0.2, 0.25) is 0 Å². The number of methoxy groups -OCH3 is 1. The molecule has 0 atom stereocenters. The zero-order valence-electron chi connectivity index (χ0n) is 11.2. The van der Waals surface area contributed by atoms with E-state index in [2.05, 4.69) is 18.3 Å². The molecule has 0 unspecified atom stereocenters. The largest absolute Gasteiger partial charge is 0.382 e. The molecule has 0 aliphatic carbocycles. The van der Waals surface area contributed by atoms with Crippen molar-refractivity contribution in [3.63, 3.8) is 0 Å². The Kier molecular flexibility index (Phi) is 8.01. The van der Waals surface area contributed by atoms with E-state index in [0.717, 1.165) is 31.1 Å². The molecule has 0 aromatic heterocycles. The molecule has 0 fully saturated rings. The summed E-state index contributed by atoms with van der Waals surface area (Å²) >= 11 is 5.91. The van der Waals surface area contributed by atoms with Gasteiger partial charge in [0, 0.05) is 25.3 Å². The van der Waals surface area contributed by atoms with E-state index < -0.39 is 0 Å². The number of halogens is 1. The van der Waals surface area contributed by atoms with E-state index >= 15 is 0 Å². The summed E-state index contributed by atoms with van der Waals surface area (Å²) < 4.78 is 10.3. The Hall–Kier alpha value is -0.610. The fourth-order valence-corrected chi connectivity index (χ4v) is 1.85. The molecule has 0 bridgehead atoms. The van der Waals surface area contributed by atoms with Crippen molar-refractivity contribution >= 4 is 11.6 Å². The van der Waals surface area contributed by atoms with Crippen molar-refractivity contribution in [1.82, 2.24) is 5.32 Å². The van der Waals surface area contributed by atoms with Gasteiger partial charge in [-0.15, -0.1) is 0 Å². The minimum atomic E-state index is 0.664. The molecular formula is C14H22ClNO2. The maximum atomic E-state index is 5.91. The maximum Gasteiger partial charge on any atom is 0.0700 e. The molecule has 4 heteroatoms. The molecule has 0 radical (unpaired) electrons. The van der Waals surface area contributed by atoms with E-state index in [9.17, 15) is 0 Å². The Morgan fingerprint density at radius 2 is 2.06 bits per heavy atom. The molecule has 1 N–H and O–H groups in total. The zero-order valence-corrected chi connectivity index (χ0v) is 11.9. The molecule has 1 aromatic carbocycles. The first-order valence-electron chi connectivity index (χ1n) is 6.26. The minimum absolute atomic E-state index is 0.664. The monoisotopic (exact) mass is 271 g/mol. The Labute approximate surface area is 114 Å². The van der Waals surface area contributed by atoms with Crippen LogP contribution >= 0.6 is 11.6 Å². The van der Waals surface area contributed by atoms with Crippen LogP contribution in [0.4, 0.5) is 0 Å². The number of aryl methyl sites for hydroxylation is 1. The van der Waals surface area contributed by atoms with Gasteiger partial charge in [0.15, 0.2) is 0 Å². The number of rotatable bonds is 9. The van der Waals surface area contributed by atoms with Crippen LogP contribution in [0.3, 0.4) is 0 Å². The number of ether oxygens (including phenoxy) is 2. The highest BCUT2D eigenvalue weighted by molar-refractivity contribution is 6.30. The standard InChI is InChI=1S/C14H22ClNO2/c1-12-10-14(15)5-4-13(12)11-16-6-3-7-18-9-8-17-2/h4-5,10,16H,3,6-9,11H2,1-2H3. The van der Waals surface area contributed by atoms with Gasteiger partial charge in [-0.05, 0) is 43.1 Å². The average molecular weight is 272 g/mol. The summed E-state index contributed by atoms with van der Waals surface area (Å²) in [6.45, 7) is 6.02. The molecule has 1 rings (SSSR count). The first-order chi connectivity index (χ1) is 8.74. The fourth-order valence-electron chi connectivity index (χ4n) is 1.62. The van der Waals surface area contributed by atoms with Crippen LogP contribution in [-0.2, 0) is 16.0 Å². The molecule has 0 saturated carbocycles. The third-order valence-electron chi connectivity index (χ3n) is 2.69. The highest BCUT2D eigenvalue weighted by Crippen LogP contribution is 2.14. The molecule has 18 heavy (non-hydrogen) atoms. The summed E-state index contributed by atoms with van der Waals surface area (Å²) in [5.41, 5.74) is 2.52. The van der Waals surface area contributed by atoms with E-state index in [1.54, 1.807) is 7.11 Å². The van der Waals surface area contributed by atoms with E-state index in [0.29, 0.717) is 13.2 Å². The van der Waals surface area contributed by atoms with E-state index in [1.165, 1.54) is 11.1 Å². The molecule has 3 nitrogen and oxygen atoms in total. The van der Waals surface area contributed by atoms with Crippen LogP contribution in [0.2, 0.25) is 5.02 Å². The Morgan fingerprint density at radius 3 is 2.78 bits per heavy atom. The van der Waals surface area contributed by atoms with Crippen LogP contribution in [0.15, 0.2) is 18.2 Å². The SMILES string of the molecule is COCCOCCCNCc1ccc(Cl)cc1C. The van der Waals surface area contributed by atoms with Gasteiger partial charge in [-0.2, -0.15) is 0 Å². The number of nitrogens with one attached hydrogen (secondary N) is 1. The van der Waals surface area contributed by atoms with Crippen LogP contribution in [0.25, 0.3) is 0 Å². The summed E-state index contributed by atoms with van der Waals surface area (Å²) in [6, 6.07) is 5.99.